The molecule has 0 unspecified atom stereocenters. The van der Waals surface area contributed by atoms with E-state index in [0.29, 0.717) is 6.42 Å². The molecule has 2 aromatic carbocycles. The standard InChI is InChI=1S/C23H26N2O2/c1-4-18-7-10-22(17(2)15-18)27-23-11-12-24-21-9-8-19(16-20(21)23)25(3)13-5-6-14-26/h7-12,14-16H,4-6,13H2,1-3H3. The topological polar surface area (TPSA) is 42.4 Å². The summed E-state index contributed by atoms with van der Waals surface area (Å²) in [5.41, 5.74) is 4.42. The van der Waals surface area contributed by atoms with Crippen LogP contribution in [0.25, 0.3) is 10.9 Å². The largest absolute Gasteiger partial charge is 0.456 e. The van der Waals surface area contributed by atoms with Crippen molar-refractivity contribution < 1.29 is 9.53 Å². The molecule has 1 heterocycles. The van der Waals surface area contributed by atoms with Crippen LogP contribution in [0.4, 0.5) is 5.69 Å². The maximum absolute atomic E-state index is 10.5. The zero-order valence-electron chi connectivity index (χ0n) is 16.2. The van der Waals surface area contributed by atoms with Gasteiger partial charge in [0.15, 0.2) is 0 Å². The third-order valence-electron chi connectivity index (χ3n) is 4.81. The molecule has 0 N–H and O–H groups in total. The Kier molecular flexibility index (Phi) is 6.07. The molecule has 0 atom stereocenters. The summed E-state index contributed by atoms with van der Waals surface area (Å²) in [5.74, 6) is 1.67. The third kappa shape index (κ3) is 4.45. The number of benzene rings is 2. The molecule has 0 aliphatic carbocycles. The molecule has 0 saturated carbocycles. The van der Waals surface area contributed by atoms with Gasteiger partial charge < -0.3 is 14.4 Å². The van der Waals surface area contributed by atoms with Crippen molar-refractivity contribution in [3.05, 3.63) is 59.8 Å². The number of unbranched alkanes of at least 4 members (excludes halogenated alkanes) is 1. The Morgan fingerprint density at radius 3 is 2.70 bits per heavy atom. The number of ether oxygens (including phenoxy) is 1. The van der Waals surface area contributed by atoms with Gasteiger partial charge in [0.1, 0.15) is 17.8 Å². The molecule has 0 radical (unpaired) electrons. The lowest BCUT2D eigenvalue weighted by Crippen LogP contribution is -2.18. The van der Waals surface area contributed by atoms with Gasteiger partial charge in [-0.05, 0) is 61.2 Å². The minimum atomic E-state index is 0.584. The number of hydrogen-bond donors (Lipinski definition) is 0. The number of carbonyl (C=O) groups is 1. The molecule has 4 nitrogen and oxygen atoms in total. The normalized spacial score (nSPS) is 10.8. The van der Waals surface area contributed by atoms with Gasteiger partial charge in [0, 0.05) is 37.3 Å². The first-order valence-corrected chi connectivity index (χ1v) is 9.43. The van der Waals surface area contributed by atoms with Gasteiger partial charge >= 0.3 is 0 Å². The maximum Gasteiger partial charge on any atom is 0.138 e. The van der Waals surface area contributed by atoms with Gasteiger partial charge in [-0.3, -0.25) is 4.98 Å². The molecular formula is C23H26N2O2. The number of nitrogens with zero attached hydrogens (tertiary/aromatic N) is 2. The summed E-state index contributed by atoms with van der Waals surface area (Å²) in [6.07, 6.45) is 5.19. The van der Waals surface area contributed by atoms with Crippen molar-refractivity contribution in [1.29, 1.82) is 0 Å². The Bertz CT molecular complexity index is 937. The van der Waals surface area contributed by atoms with E-state index in [1.165, 1.54) is 5.56 Å². The van der Waals surface area contributed by atoms with E-state index in [-0.39, 0.29) is 0 Å². The minimum Gasteiger partial charge on any atom is -0.456 e. The zero-order valence-corrected chi connectivity index (χ0v) is 16.2. The summed E-state index contributed by atoms with van der Waals surface area (Å²) >= 11 is 0. The van der Waals surface area contributed by atoms with E-state index in [2.05, 4.69) is 48.0 Å². The number of aldehydes is 1. The average molecular weight is 362 g/mol. The van der Waals surface area contributed by atoms with Crippen LogP contribution in [0.1, 0.15) is 30.9 Å². The molecule has 4 heteroatoms. The summed E-state index contributed by atoms with van der Waals surface area (Å²) in [6.45, 7) is 5.06. The van der Waals surface area contributed by atoms with Gasteiger partial charge in [-0.15, -0.1) is 0 Å². The fourth-order valence-electron chi connectivity index (χ4n) is 3.14. The van der Waals surface area contributed by atoms with Crippen LogP contribution in [0, 0.1) is 6.92 Å². The Morgan fingerprint density at radius 1 is 1.11 bits per heavy atom. The summed E-state index contributed by atoms with van der Waals surface area (Å²) in [4.78, 5) is 17.2. The van der Waals surface area contributed by atoms with Gasteiger partial charge in [0.2, 0.25) is 0 Å². The van der Waals surface area contributed by atoms with Gasteiger partial charge in [0.05, 0.1) is 5.52 Å². The fourth-order valence-corrected chi connectivity index (χ4v) is 3.14. The first-order valence-electron chi connectivity index (χ1n) is 9.43. The van der Waals surface area contributed by atoms with Gasteiger partial charge in [-0.1, -0.05) is 19.1 Å². The highest BCUT2D eigenvalue weighted by atomic mass is 16.5. The van der Waals surface area contributed by atoms with Crippen LogP contribution in [-0.4, -0.2) is 24.9 Å². The lowest BCUT2D eigenvalue weighted by atomic mass is 10.1. The number of anilines is 1. The van der Waals surface area contributed by atoms with E-state index in [1.807, 2.05) is 25.2 Å². The minimum absolute atomic E-state index is 0.584. The number of carbonyl (C=O) groups excluding carboxylic acids is 1. The van der Waals surface area contributed by atoms with E-state index in [0.717, 1.165) is 59.3 Å². The number of hydrogen-bond acceptors (Lipinski definition) is 4. The third-order valence-corrected chi connectivity index (χ3v) is 4.81. The van der Waals surface area contributed by atoms with Crippen molar-refractivity contribution in [2.75, 3.05) is 18.5 Å². The molecule has 3 rings (SSSR count). The quantitative estimate of drug-likeness (QED) is 0.402. The van der Waals surface area contributed by atoms with Gasteiger partial charge in [-0.2, -0.15) is 0 Å². The second kappa shape index (κ2) is 8.67. The summed E-state index contributed by atoms with van der Waals surface area (Å²) in [5, 5.41) is 0.983. The van der Waals surface area contributed by atoms with Crippen LogP contribution >= 0.6 is 0 Å². The molecular weight excluding hydrogens is 336 g/mol. The second-order valence-electron chi connectivity index (χ2n) is 6.80. The molecule has 0 aliphatic heterocycles. The van der Waals surface area contributed by atoms with Crippen LogP contribution < -0.4 is 9.64 Å². The molecule has 0 aliphatic rings. The summed E-state index contributed by atoms with van der Waals surface area (Å²) in [6, 6.07) is 14.4. The Balaban J connectivity index is 1.91. The lowest BCUT2D eigenvalue weighted by molar-refractivity contribution is -0.107. The van der Waals surface area contributed by atoms with Crippen molar-refractivity contribution in [3.8, 4) is 11.5 Å². The first kappa shape index (κ1) is 18.9. The molecule has 140 valence electrons. The van der Waals surface area contributed by atoms with E-state index in [1.54, 1.807) is 6.20 Å². The summed E-state index contributed by atoms with van der Waals surface area (Å²) in [7, 11) is 2.04. The van der Waals surface area contributed by atoms with Crippen LogP contribution in [-0.2, 0) is 11.2 Å². The van der Waals surface area contributed by atoms with Crippen molar-refractivity contribution in [3.63, 3.8) is 0 Å². The highest BCUT2D eigenvalue weighted by molar-refractivity contribution is 5.88. The zero-order chi connectivity index (χ0) is 19.2. The van der Waals surface area contributed by atoms with E-state index in [4.69, 9.17) is 4.74 Å². The maximum atomic E-state index is 10.5. The monoisotopic (exact) mass is 362 g/mol. The molecule has 3 aromatic rings. The lowest BCUT2D eigenvalue weighted by Gasteiger charge is -2.20. The van der Waals surface area contributed by atoms with Crippen molar-refractivity contribution >= 4 is 22.9 Å². The number of rotatable bonds is 8. The Hall–Kier alpha value is -2.88. The average Bonchev–Trinajstić information content (AvgIpc) is 2.69. The van der Waals surface area contributed by atoms with Crippen molar-refractivity contribution in [2.45, 2.75) is 33.1 Å². The molecule has 0 saturated heterocycles. The number of aromatic nitrogens is 1. The van der Waals surface area contributed by atoms with E-state index < -0.39 is 0 Å². The molecule has 27 heavy (non-hydrogen) atoms. The van der Waals surface area contributed by atoms with Crippen molar-refractivity contribution in [2.24, 2.45) is 0 Å². The van der Waals surface area contributed by atoms with Crippen molar-refractivity contribution in [1.82, 2.24) is 4.98 Å². The molecule has 0 spiro atoms. The van der Waals surface area contributed by atoms with E-state index in [9.17, 15) is 4.79 Å². The number of fused-ring (bicyclic) bond motifs is 1. The van der Waals surface area contributed by atoms with Crippen LogP contribution in [0.3, 0.4) is 0 Å². The second-order valence-corrected chi connectivity index (χ2v) is 6.80. The van der Waals surface area contributed by atoms with Crippen LogP contribution in [0.2, 0.25) is 0 Å². The predicted molar refractivity (Wildman–Crippen MR) is 111 cm³/mol. The molecule has 0 bridgehead atoms. The smallest absolute Gasteiger partial charge is 0.138 e. The highest BCUT2D eigenvalue weighted by Gasteiger charge is 2.09. The summed E-state index contributed by atoms with van der Waals surface area (Å²) < 4.78 is 6.25. The predicted octanol–water partition coefficient (Wildman–Crippen LogP) is 5.31. The van der Waals surface area contributed by atoms with Gasteiger partial charge in [-0.25, -0.2) is 0 Å². The molecule has 0 amide bonds. The fraction of sp³-hybridized carbons (Fsp3) is 0.304. The van der Waals surface area contributed by atoms with Gasteiger partial charge in [0.25, 0.3) is 0 Å². The molecule has 1 aromatic heterocycles. The Morgan fingerprint density at radius 2 is 1.96 bits per heavy atom. The highest BCUT2D eigenvalue weighted by Crippen LogP contribution is 2.33. The number of aryl methyl sites for hydroxylation is 2. The Labute approximate surface area is 160 Å². The van der Waals surface area contributed by atoms with E-state index >= 15 is 0 Å². The number of pyridine rings is 1. The first-order chi connectivity index (χ1) is 13.1. The molecule has 0 fully saturated rings. The van der Waals surface area contributed by atoms with Crippen LogP contribution in [0.5, 0.6) is 11.5 Å². The SMILES string of the molecule is CCc1ccc(Oc2ccnc3ccc(N(C)CCCC=O)cc23)c(C)c1. The van der Waals surface area contributed by atoms with Crippen LogP contribution in [0.15, 0.2) is 48.7 Å².